The maximum atomic E-state index is 11.9. The zero-order valence-corrected chi connectivity index (χ0v) is 14.1. The van der Waals surface area contributed by atoms with Crippen LogP contribution in [0.15, 0.2) is 35.2 Å². The Kier molecular flexibility index (Phi) is 5.97. The molecule has 0 fully saturated rings. The van der Waals surface area contributed by atoms with E-state index >= 15 is 0 Å². The van der Waals surface area contributed by atoms with Gasteiger partial charge in [0, 0.05) is 5.75 Å². The summed E-state index contributed by atoms with van der Waals surface area (Å²) in [6.07, 6.45) is 1.79. The van der Waals surface area contributed by atoms with Crippen LogP contribution in [0.3, 0.4) is 0 Å². The van der Waals surface area contributed by atoms with Gasteiger partial charge in [0.15, 0.2) is 10.9 Å². The van der Waals surface area contributed by atoms with Crippen molar-refractivity contribution in [1.29, 1.82) is 0 Å². The van der Waals surface area contributed by atoms with E-state index in [2.05, 4.69) is 22.1 Å². The fraction of sp³-hybridized carbons (Fsp3) is 0.267. The molecule has 0 unspecified atom stereocenters. The molecular formula is C15H17N3O2S2. The Bertz CT molecular complexity index is 671. The smallest absolute Gasteiger partial charge is 0.264 e. The summed E-state index contributed by atoms with van der Waals surface area (Å²) < 4.78 is 6.32. The second kappa shape index (κ2) is 7.95. The molecule has 0 aliphatic carbocycles. The van der Waals surface area contributed by atoms with E-state index in [-0.39, 0.29) is 12.5 Å². The number of benzene rings is 1. The first kappa shape index (κ1) is 16.5. The number of carbonyl (C=O) groups is 1. The molecule has 0 saturated carbocycles. The maximum Gasteiger partial charge on any atom is 0.264 e. The van der Waals surface area contributed by atoms with Gasteiger partial charge in [-0.3, -0.25) is 10.1 Å². The average molecular weight is 335 g/mol. The maximum absolute atomic E-state index is 11.9. The first-order valence-corrected chi connectivity index (χ1v) is 8.46. The molecule has 1 heterocycles. The number of anilines is 1. The number of amides is 1. The van der Waals surface area contributed by atoms with Crippen LogP contribution >= 0.6 is 23.1 Å². The molecule has 1 amide bonds. The van der Waals surface area contributed by atoms with E-state index < -0.39 is 0 Å². The number of hydrogen-bond donors (Lipinski definition) is 1. The van der Waals surface area contributed by atoms with Crippen molar-refractivity contribution < 1.29 is 9.53 Å². The molecule has 2 aromatic rings. The molecule has 0 aliphatic rings. The topological polar surface area (TPSA) is 64.1 Å². The number of aryl methyl sites for hydroxylation is 2. The van der Waals surface area contributed by atoms with E-state index in [1.807, 2.05) is 32.0 Å². The van der Waals surface area contributed by atoms with Gasteiger partial charge in [0.2, 0.25) is 5.13 Å². The van der Waals surface area contributed by atoms with Gasteiger partial charge < -0.3 is 4.74 Å². The van der Waals surface area contributed by atoms with Gasteiger partial charge in [-0.15, -0.1) is 16.8 Å². The van der Waals surface area contributed by atoms with E-state index in [9.17, 15) is 4.79 Å². The number of aromatic nitrogens is 2. The summed E-state index contributed by atoms with van der Waals surface area (Å²) in [4.78, 5) is 11.9. The Morgan fingerprint density at radius 2 is 2.27 bits per heavy atom. The number of nitrogens with zero attached hydrogens (tertiary/aromatic N) is 2. The monoisotopic (exact) mass is 335 g/mol. The van der Waals surface area contributed by atoms with E-state index in [4.69, 9.17) is 4.74 Å². The average Bonchev–Trinajstić information content (AvgIpc) is 2.91. The van der Waals surface area contributed by atoms with Gasteiger partial charge >= 0.3 is 0 Å². The SMILES string of the molecule is C=CCSc1nnc(NC(=O)COc2ccc(C)cc2C)s1. The molecule has 0 aliphatic heterocycles. The van der Waals surface area contributed by atoms with Crippen LogP contribution in [0.4, 0.5) is 5.13 Å². The largest absolute Gasteiger partial charge is 0.483 e. The molecule has 5 nitrogen and oxygen atoms in total. The minimum Gasteiger partial charge on any atom is -0.483 e. The second-order valence-corrected chi connectivity index (χ2v) is 6.82. The lowest BCUT2D eigenvalue weighted by Gasteiger charge is -2.08. The molecule has 0 bridgehead atoms. The van der Waals surface area contributed by atoms with Crippen molar-refractivity contribution in [2.75, 3.05) is 17.7 Å². The van der Waals surface area contributed by atoms with Crippen molar-refractivity contribution in [3.05, 3.63) is 42.0 Å². The molecule has 0 radical (unpaired) electrons. The number of nitrogens with one attached hydrogen (secondary N) is 1. The molecule has 1 aromatic heterocycles. The molecule has 1 aromatic carbocycles. The quantitative estimate of drug-likeness (QED) is 0.477. The third-order valence-electron chi connectivity index (χ3n) is 2.67. The molecular weight excluding hydrogens is 318 g/mol. The summed E-state index contributed by atoms with van der Waals surface area (Å²) in [6, 6.07) is 5.84. The number of rotatable bonds is 7. The fourth-order valence-electron chi connectivity index (χ4n) is 1.71. The van der Waals surface area contributed by atoms with Crippen LogP contribution in [-0.2, 0) is 4.79 Å². The van der Waals surface area contributed by atoms with Crippen molar-refractivity contribution >= 4 is 34.1 Å². The van der Waals surface area contributed by atoms with Crippen molar-refractivity contribution in [3.63, 3.8) is 0 Å². The number of thioether (sulfide) groups is 1. The Morgan fingerprint density at radius 3 is 3.00 bits per heavy atom. The van der Waals surface area contributed by atoms with Crippen molar-refractivity contribution in [3.8, 4) is 5.75 Å². The van der Waals surface area contributed by atoms with Crippen LogP contribution < -0.4 is 10.1 Å². The molecule has 116 valence electrons. The number of ether oxygens (including phenoxy) is 1. The highest BCUT2D eigenvalue weighted by molar-refractivity contribution is 8.01. The molecule has 7 heteroatoms. The minimum atomic E-state index is -0.253. The van der Waals surface area contributed by atoms with E-state index in [0.29, 0.717) is 10.9 Å². The van der Waals surface area contributed by atoms with E-state index in [1.54, 1.807) is 6.08 Å². The summed E-state index contributed by atoms with van der Waals surface area (Å²) in [7, 11) is 0. The van der Waals surface area contributed by atoms with E-state index in [0.717, 1.165) is 21.2 Å². The third kappa shape index (κ3) is 4.85. The van der Waals surface area contributed by atoms with Crippen LogP contribution in [-0.4, -0.2) is 28.5 Å². The highest BCUT2D eigenvalue weighted by Crippen LogP contribution is 2.25. The number of hydrogen-bond acceptors (Lipinski definition) is 6. The van der Waals surface area contributed by atoms with Crippen molar-refractivity contribution in [2.45, 2.75) is 18.2 Å². The highest BCUT2D eigenvalue weighted by Gasteiger charge is 2.09. The zero-order chi connectivity index (χ0) is 15.9. The first-order chi connectivity index (χ1) is 10.6. The Balaban J connectivity index is 1.85. The standard InChI is InChI=1S/C15H17N3O2S2/c1-4-7-21-15-18-17-14(22-15)16-13(19)9-20-12-6-5-10(2)8-11(12)3/h4-6,8H,1,7,9H2,2-3H3,(H,16,17,19). The first-order valence-electron chi connectivity index (χ1n) is 6.65. The van der Waals surface area contributed by atoms with Crippen LogP contribution in [0.1, 0.15) is 11.1 Å². The van der Waals surface area contributed by atoms with Crippen molar-refractivity contribution in [1.82, 2.24) is 10.2 Å². The normalized spacial score (nSPS) is 10.3. The Labute approximate surface area is 137 Å². The second-order valence-electron chi connectivity index (χ2n) is 4.58. The minimum absolute atomic E-state index is 0.0569. The van der Waals surface area contributed by atoms with Gasteiger partial charge in [-0.1, -0.05) is 46.9 Å². The predicted octanol–water partition coefficient (Wildman–Crippen LogP) is 3.45. The Morgan fingerprint density at radius 1 is 1.45 bits per heavy atom. The Hall–Kier alpha value is -1.86. The van der Waals surface area contributed by atoms with Gasteiger partial charge in [0.05, 0.1) is 0 Å². The van der Waals surface area contributed by atoms with Gasteiger partial charge in [0.25, 0.3) is 5.91 Å². The third-order valence-corrected chi connectivity index (χ3v) is 4.63. The molecule has 0 saturated heterocycles. The lowest BCUT2D eigenvalue weighted by Crippen LogP contribution is -2.20. The molecule has 2 rings (SSSR count). The summed E-state index contributed by atoms with van der Waals surface area (Å²) in [5.41, 5.74) is 2.17. The predicted molar refractivity (Wildman–Crippen MR) is 90.9 cm³/mol. The highest BCUT2D eigenvalue weighted by atomic mass is 32.2. The van der Waals surface area contributed by atoms with Crippen LogP contribution in [0.25, 0.3) is 0 Å². The van der Waals surface area contributed by atoms with Gasteiger partial charge in [-0.05, 0) is 25.5 Å². The van der Waals surface area contributed by atoms with Gasteiger partial charge in [-0.2, -0.15) is 0 Å². The number of carbonyl (C=O) groups excluding carboxylic acids is 1. The van der Waals surface area contributed by atoms with Crippen LogP contribution in [0, 0.1) is 13.8 Å². The summed E-state index contributed by atoms with van der Waals surface area (Å²) >= 11 is 2.86. The molecule has 0 atom stereocenters. The van der Waals surface area contributed by atoms with Crippen LogP contribution in [0.5, 0.6) is 5.75 Å². The summed E-state index contributed by atoms with van der Waals surface area (Å²) in [6.45, 7) is 7.56. The fourth-order valence-corrected chi connectivity index (χ4v) is 3.24. The van der Waals surface area contributed by atoms with Crippen LogP contribution in [0.2, 0.25) is 0 Å². The lowest BCUT2D eigenvalue weighted by atomic mass is 10.1. The molecule has 1 N–H and O–H groups in total. The van der Waals surface area contributed by atoms with E-state index in [1.165, 1.54) is 23.1 Å². The van der Waals surface area contributed by atoms with Gasteiger partial charge in [0.1, 0.15) is 5.75 Å². The van der Waals surface area contributed by atoms with Crippen molar-refractivity contribution in [2.24, 2.45) is 0 Å². The molecule has 22 heavy (non-hydrogen) atoms. The lowest BCUT2D eigenvalue weighted by molar-refractivity contribution is -0.118. The molecule has 0 spiro atoms. The summed E-state index contributed by atoms with van der Waals surface area (Å²) in [5.74, 6) is 1.22. The van der Waals surface area contributed by atoms with Gasteiger partial charge in [-0.25, -0.2) is 0 Å². The zero-order valence-electron chi connectivity index (χ0n) is 12.5. The summed E-state index contributed by atoms with van der Waals surface area (Å²) in [5, 5.41) is 11.1.